The molecule has 0 amide bonds. The van der Waals surface area contributed by atoms with Gasteiger partial charge in [0, 0.05) is 18.0 Å². The molecule has 0 spiro atoms. The quantitative estimate of drug-likeness (QED) is 0.678. The Balaban J connectivity index is 1.57. The van der Waals surface area contributed by atoms with Crippen LogP contribution in [0.2, 0.25) is 0 Å². The third-order valence-electron chi connectivity index (χ3n) is 4.36. The third kappa shape index (κ3) is 2.93. The van der Waals surface area contributed by atoms with Crippen LogP contribution in [0.4, 0.5) is 0 Å². The molecule has 24 heavy (non-hydrogen) atoms. The summed E-state index contributed by atoms with van der Waals surface area (Å²) in [6.45, 7) is 1.99. The maximum atomic E-state index is 12.2. The summed E-state index contributed by atoms with van der Waals surface area (Å²) >= 11 is 1.53. The first-order valence-electron chi connectivity index (χ1n) is 8.10. The van der Waals surface area contributed by atoms with E-state index in [1.807, 2.05) is 23.7 Å². The molecule has 0 N–H and O–H groups in total. The number of aryl methyl sites for hydroxylation is 1. The van der Waals surface area contributed by atoms with E-state index in [4.69, 9.17) is 0 Å². The summed E-state index contributed by atoms with van der Waals surface area (Å²) in [4.78, 5) is 16.8. The predicted octanol–water partition coefficient (Wildman–Crippen LogP) is 2.40. The number of fused-ring (bicyclic) bond motifs is 1. The Hall–Kier alpha value is -2.22. The molecule has 0 aromatic carbocycles. The number of hydrogen-bond donors (Lipinski definition) is 0. The van der Waals surface area contributed by atoms with Gasteiger partial charge in [0.05, 0.1) is 11.7 Å². The standard InChI is InChI=1S/C16H18N6OS/c1-11-6-7-21-14(8-11)17-12(9-15(21)23)10-24-16-18-19-20-22(16)13-4-2-3-5-13/h6-9,13H,2-5,10H2,1H3. The van der Waals surface area contributed by atoms with Crippen LogP contribution in [0.5, 0.6) is 0 Å². The second-order valence-corrected chi connectivity index (χ2v) is 7.09. The van der Waals surface area contributed by atoms with Crippen LogP contribution in [0.1, 0.15) is 43.0 Å². The van der Waals surface area contributed by atoms with E-state index in [1.54, 1.807) is 16.7 Å². The van der Waals surface area contributed by atoms with Crippen LogP contribution in [0.25, 0.3) is 5.65 Å². The molecule has 1 aliphatic carbocycles. The van der Waals surface area contributed by atoms with Crippen molar-refractivity contribution in [3.63, 3.8) is 0 Å². The monoisotopic (exact) mass is 342 g/mol. The van der Waals surface area contributed by atoms with Gasteiger partial charge in [-0.3, -0.25) is 9.20 Å². The molecular formula is C16H18N6OS. The maximum Gasteiger partial charge on any atom is 0.258 e. The molecule has 0 unspecified atom stereocenters. The lowest BCUT2D eigenvalue weighted by molar-refractivity contribution is 0.423. The average Bonchev–Trinajstić information content (AvgIpc) is 3.23. The molecule has 1 aliphatic rings. The first kappa shape index (κ1) is 15.3. The van der Waals surface area contributed by atoms with Crippen LogP contribution < -0.4 is 5.56 Å². The number of rotatable bonds is 4. The van der Waals surface area contributed by atoms with Crippen LogP contribution in [-0.4, -0.2) is 29.6 Å². The normalized spacial score (nSPS) is 15.4. The molecule has 0 bridgehead atoms. The van der Waals surface area contributed by atoms with E-state index in [-0.39, 0.29) is 5.56 Å². The molecule has 4 rings (SSSR count). The molecule has 7 nitrogen and oxygen atoms in total. The highest BCUT2D eigenvalue weighted by molar-refractivity contribution is 7.98. The minimum absolute atomic E-state index is 0.0639. The Bertz CT molecular complexity index is 928. The zero-order chi connectivity index (χ0) is 16.5. The van der Waals surface area contributed by atoms with Gasteiger partial charge in [0.15, 0.2) is 0 Å². The van der Waals surface area contributed by atoms with Crippen LogP contribution in [-0.2, 0) is 5.75 Å². The van der Waals surface area contributed by atoms with Gasteiger partial charge < -0.3 is 0 Å². The second-order valence-electron chi connectivity index (χ2n) is 6.15. The van der Waals surface area contributed by atoms with Crippen molar-refractivity contribution < 1.29 is 0 Å². The predicted molar refractivity (Wildman–Crippen MR) is 91.1 cm³/mol. The molecule has 8 heteroatoms. The van der Waals surface area contributed by atoms with Crippen LogP contribution >= 0.6 is 11.8 Å². The lowest BCUT2D eigenvalue weighted by atomic mass is 10.3. The number of nitrogens with zero attached hydrogens (tertiary/aromatic N) is 6. The lowest BCUT2D eigenvalue weighted by Crippen LogP contribution is -2.15. The second kappa shape index (κ2) is 6.35. The van der Waals surface area contributed by atoms with Gasteiger partial charge in [-0.2, -0.15) is 0 Å². The Morgan fingerprint density at radius 2 is 2.12 bits per heavy atom. The highest BCUT2D eigenvalue weighted by atomic mass is 32.2. The summed E-state index contributed by atoms with van der Waals surface area (Å²) in [5.74, 6) is 0.576. The molecule has 124 valence electrons. The Kier molecular flexibility index (Phi) is 4.05. The van der Waals surface area contributed by atoms with E-state index in [9.17, 15) is 4.79 Å². The molecule has 1 fully saturated rings. The molecular weight excluding hydrogens is 324 g/mol. The zero-order valence-corrected chi connectivity index (χ0v) is 14.2. The van der Waals surface area contributed by atoms with Crippen molar-refractivity contribution in [2.24, 2.45) is 0 Å². The van der Waals surface area contributed by atoms with E-state index in [0.717, 1.165) is 29.3 Å². The third-order valence-corrected chi connectivity index (χ3v) is 5.33. The number of pyridine rings is 1. The van der Waals surface area contributed by atoms with E-state index >= 15 is 0 Å². The topological polar surface area (TPSA) is 78.0 Å². The fourth-order valence-electron chi connectivity index (χ4n) is 3.12. The van der Waals surface area contributed by atoms with Gasteiger partial charge in [-0.1, -0.05) is 24.6 Å². The van der Waals surface area contributed by atoms with Crippen LogP contribution in [0, 0.1) is 6.92 Å². The van der Waals surface area contributed by atoms with Crippen molar-refractivity contribution in [3.8, 4) is 0 Å². The first-order valence-corrected chi connectivity index (χ1v) is 9.09. The van der Waals surface area contributed by atoms with Gasteiger partial charge in [-0.15, -0.1) is 5.10 Å². The minimum atomic E-state index is -0.0639. The molecule has 0 radical (unpaired) electrons. The zero-order valence-electron chi connectivity index (χ0n) is 13.4. The van der Waals surface area contributed by atoms with Gasteiger partial charge >= 0.3 is 0 Å². The van der Waals surface area contributed by atoms with Gasteiger partial charge in [-0.05, 0) is 47.9 Å². The lowest BCUT2D eigenvalue weighted by Gasteiger charge is -2.10. The van der Waals surface area contributed by atoms with Crippen LogP contribution in [0.15, 0.2) is 34.3 Å². The SMILES string of the molecule is Cc1ccn2c(=O)cc(CSc3nnnn3C3CCCC3)nc2c1. The van der Waals surface area contributed by atoms with E-state index < -0.39 is 0 Å². The smallest absolute Gasteiger partial charge is 0.258 e. The number of aromatic nitrogens is 6. The van der Waals surface area contributed by atoms with Gasteiger partial charge in [0.2, 0.25) is 5.16 Å². The summed E-state index contributed by atoms with van der Waals surface area (Å²) in [7, 11) is 0. The summed E-state index contributed by atoms with van der Waals surface area (Å²) < 4.78 is 3.49. The Labute approximate surface area is 143 Å². The summed E-state index contributed by atoms with van der Waals surface area (Å²) in [5.41, 5.74) is 2.44. The van der Waals surface area contributed by atoms with Crippen molar-refractivity contribution in [2.45, 2.75) is 49.6 Å². The maximum absolute atomic E-state index is 12.2. The number of thioether (sulfide) groups is 1. The molecule has 0 atom stereocenters. The van der Waals surface area contributed by atoms with E-state index in [1.165, 1.54) is 24.6 Å². The molecule has 3 aromatic heterocycles. The molecule has 1 saturated carbocycles. The van der Waals surface area contributed by atoms with E-state index in [2.05, 4.69) is 20.5 Å². The summed E-state index contributed by atoms with van der Waals surface area (Å²) in [5, 5.41) is 12.9. The fourth-order valence-corrected chi connectivity index (χ4v) is 3.96. The Morgan fingerprint density at radius 3 is 2.96 bits per heavy atom. The first-order chi connectivity index (χ1) is 11.7. The van der Waals surface area contributed by atoms with Gasteiger partial charge in [-0.25, -0.2) is 9.67 Å². The number of hydrogen-bond acceptors (Lipinski definition) is 6. The van der Waals surface area contributed by atoms with Gasteiger partial charge in [0.25, 0.3) is 5.56 Å². The molecule has 3 aromatic rings. The molecule has 0 aliphatic heterocycles. The summed E-state index contributed by atoms with van der Waals surface area (Å²) in [6.07, 6.45) is 6.49. The van der Waals surface area contributed by atoms with E-state index in [0.29, 0.717) is 17.4 Å². The fraction of sp³-hybridized carbons (Fsp3) is 0.438. The van der Waals surface area contributed by atoms with Crippen LogP contribution in [0.3, 0.4) is 0 Å². The Morgan fingerprint density at radius 1 is 1.29 bits per heavy atom. The number of tetrazole rings is 1. The minimum Gasteiger partial charge on any atom is -0.269 e. The van der Waals surface area contributed by atoms with Crippen molar-refractivity contribution in [1.82, 2.24) is 29.6 Å². The highest BCUT2D eigenvalue weighted by Gasteiger charge is 2.21. The largest absolute Gasteiger partial charge is 0.269 e. The molecule has 3 heterocycles. The van der Waals surface area contributed by atoms with Gasteiger partial charge in [0.1, 0.15) is 5.65 Å². The summed E-state index contributed by atoms with van der Waals surface area (Å²) in [6, 6.07) is 5.80. The van der Waals surface area contributed by atoms with Crippen molar-refractivity contribution in [3.05, 3.63) is 46.0 Å². The average molecular weight is 342 g/mol. The van der Waals surface area contributed by atoms with Crippen molar-refractivity contribution in [2.75, 3.05) is 0 Å². The van der Waals surface area contributed by atoms with Crippen molar-refractivity contribution in [1.29, 1.82) is 0 Å². The van der Waals surface area contributed by atoms with Crippen molar-refractivity contribution >= 4 is 17.4 Å². The molecule has 0 saturated heterocycles. The highest BCUT2D eigenvalue weighted by Crippen LogP contribution is 2.31.